The molecule has 2 saturated heterocycles. The van der Waals surface area contributed by atoms with Crippen molar-refractivity contribution in [1.29, 1.82) is 0 Å². The van der Waals surface area contributed by atoms with E-state index in [1.54, 1.807) is 11.3 Å². The Balaban J connectivity index is 1.44. The summed E-state index contributed by atoms with van der Waals surface area (Å²) >= 11 is 1.72. The molecule has 2 aliphatic heterocycles. The fourth-order valence-corrected chi connectivity index (χ4v) is 3.45. The number of hydrogen-bond donors (Lipinski definition) is 1. The van der Waals surface area contributed by atoms with Crippen LogP contribution in [0, 0.1) is 12.8 Å². The molecule has 0 spiro atoms. The molecule has 0 aliphatic carbocycles. The molecular formula is C12H18N2OS. The van der Waals surface area contributed by atoms with Crippen molar-refractivity contribution >= 4 is 11.3 Å². The molecule has 3 atom stereocenters. The van der Waals surface area contributed by atoms with Crippen LogP contribution in [0.15, 0.2) is 5.38 Å². The smallest absolute Gasteiger partial charge is 0.0897 e. The van der Waals surface area contributed by atoms with Gasteiger partial charge in [0.05, 0.1) is 22.9 Å². The number of fused-ring (bicyclic) bond motifs is 2. The molecule has 3 nitrogen and oxygen atoms in total. The summed E-state index contributed by atoms with van der Waals surface area (Å²) in [5, 5.41) is 6.80. The Morgan fingerprint density at radius 2 is 2.50 bits per heavy atom. The minimum absolute atomic E-state index is 0.537. The van der Waals surface area contributed by atoms with Gasteiger partial charge in [-0.1, -0.05) is 0 Å². The van der Waals surface area contributed by atoms with E-state index in [-0.39, 0.29) is 0 Å². The van der Waals surface area contributed by atoms with Gasteiger partial charge in [0.15, 0.2) is 0 Å². The lowest BCUT2D eigenvalue weighted by molar-refractivity contribution is 0.0923. The van der Waals surface area contributed by atoms with Crippen molar-refractivity contribution < 1.29 is 4.74 Å². The molecule has 0 radical (unpaired) electrons. The van der Waals surface area contributed by atoms with Crippen molar-refractivity contribution in [3.05, 3.63) is 16.1 Å². The van der Waals surface area contributed by atoms with E-state index in [0.29, 0.717) is 12.2 Å². The number of aryl methyl sites for hydroxylation is 1. The number of rotatable bonds is 4. The molecule has 3 heterocycles. The predicted molar refractivity (Wildman–Crippen MR) is 64.6 cm³/mol. The molecule has 2 fully saturated rings. The molecule has 2 aliphatic rings. The van der Waals surface area contributed by atoms with Crippen LogP contribution in [-0.4, -0.2) is 23.7 Å². The first-order valence-electron chi connectivity index (χ1n) is 6.08. The summed E-state index contributed by atoms with van der Waals surface area (Å²) in [7, 11) is 0. The lowest BCUT2D eigenvalue weighted by atomic mass is 9.89. The van der Waals surface area contributed by atoms with Gasteiger partial charge in [-0.05, 0) is 26.2 Å². The highest BCUT2D eigenvalue weighted by Crippen LogP contribution is 2.38. The first-order valence-corrected chi connectivity index (χ1v) is 6.96. The molecule has 3 rings (SSSR count). The van der Waals surface area contributed by atoms with Gasteiger partial charge in [0, 0.05) is 24.4 Å². The number of nitrogens with one attached hydrogen (secondary N) is 1. The van der Waals surface area contributed by atoms with Crippen LogP contribution in [0.4, 0.5) is 0 Å². The zero-order valence-electron chi connectivity index (χ0n) is 9.61. The fourth-order valence-electron chi connectivity index (χ4n) is 2.83. The standard InChI is InChI=1S/C12H18N2OS/c1-8-14-10(7-16-8)6-13-5-9-4-11-2-3-12(9)15-11/h7,9,11-13H,2-6H2,1H3. The molecule has 0 aromatic carbocycles. The van der Waals surface area contributed by atoms with Crippen LogP contribution in [0.1, 0.15) is 30.0 Å². The fraction of sp³-hybridized carbons (Fsp3) is 0.750. The van der Waals surface area contributed by atoms with E-state index in [2.05, 4.69) is 22.6 Å². The van der Waals surface area contributed by atoms with Gasteiger partial charge in [0.2, 0.25) is 0 Å². The Morgan fingerprint density at radius 3 is 3.12 bits per heavy atom. The third-order valence-corrected chi connectivity index (χ3v) is 4.43. The van der Waals surface area contributed by atoms with E-state index in [1.165, 1.54) is 25.0 Å². The van der Waals surface area contributed by atoms with Crippen LogP contribution in [0.5, 0.6) is 0 Å². The Bertz CT molecular complexity index is 366. The summed E-state index contributed by atoms with van der Waals surface area (Å²) < 4.78 is 5.84. The Kier molecular flexibility index (Phi) is 2.96. The second-order valence-electron chi connectivity index (χ2n) is 4.86. The topological polar surface area (TPSA) is 34.2 Å². The zero-order valence-corrected chi connectivity index (χ0v) is 10.4. The molecule has 2 bridgehead atoms. The molecule has 1 aromatic rings. The lowest BCUT2D eigenvalue weighted by Crippen LogP contribution is -2.29. The maximum atomic E-state index is 5.84. The summed E-state index contributed by atoms with van der Waals surface area (Å²) in [6.07, 6.45) is 4.92. The van der Waals surface area contributed by atoms with Gasteiger partial charge in [-0.3, -0.25) is 0 Å². The van der Waals surface area contributed by atoms with E-state index in [4.69, 9.17) is 4.74 Å². The first kappa shape index (κ1) is 10.7. The van der Waals surface area contributed by atoms with Gasteiger partial charge in [0.25, 0.3) is 0 Å². The molecule has 16 heavy (non-hydrogen) atoms. The molecule has 0 amide bonds. The van der Waals surface area contributed by atoms with Crippen molar-refractivity contribution in [3.63, 3.8) is 0 Å². The van der Waals surface area contributed by atoms with Crippen LogP contribution in [-0.2, 0) is 11.3 Å². The summed E-state index contributed by atoms with van der Waals surface area (Å²) in [6.45, 7) is 4.04. The molecule has 1 aromatic heterocycles. The zero-order chi connectivity index (χ0) is 11.0. The maximum Gasteiger partial charge on any atom is 0.0897 e. The van der Waals surface area contributed by atoms with Crippen LogP contribution >= 0.6 is 11.3 Å². The second-order valence-corrected chi connectivity index (χ2v) is 5.92. The van der Waals surface area contributed by atoms with Crippen molar-refractivity contribution in [1.82, 2.24) is 10.3 Å². The van der Waals surface area contributed by atoms with Crippen molar-refractivity contribution in [2.75, 3.05) is 6.54 Å². The highest BCUT2D eigenvalue weighted by atomic mass is 32.1. The van der Waals surface area contributed by atoms with E-state index in [9.17, 15) is 0 Å². The van der Waals surface area contributed by atoms with Crippen LogP contribution < -0.4 is 5.32 Å². The summed E-state index contributed by atoms with van der Waals surface area (Å²) in [5.41, 5.74) is 1.17. The van der Waals surface area contributed by atoms with E-state index < -0.39 is 0 Å². The highest BCUT2D eigenvalue weighted by Gasteiger charge is 2.40. The number of hydrogen-bond acceptors (Lipinski definition) is 4. The summed E-state index contributed by atoms with van der Waals surface area (Å²) in [6, 6.07) is 0. The van der Waals surface area contributed by atoms with Crippen LogP contribution in [0.2, 0.25) is 0 Å². The molecule has 1 N–H and O–H groups in total. The third-order valence-electron chi connectivity index (χ3n) is 3.61. The molecular weight excluding hydrogens is 220 g/mol. The monoisotopic (exact) mass is 238 g/mol. The number of ether oxygens (including phenoxy) is 1. The molecule has 0 saturated carbocycles. The molecule has 88 valence electrons. The first-order chi connectivity index (χ1) is 7.81. The maximum absolute atomic E-state index is 5.84. The minimum Gasteiger partial charge on any atom is -0.375 e. The quantitative estimate of drug-likeness (QED) is 0.872. The van der Waals surface area contributed by atoms with E-state index in [0.717, 1.165) is 24.0 Å². The summed E-state index contributed by atoms with van der Waals surface area (Å²) in [4.78, 5) is 4.45. The third kappa shape index (κ3) is 2.14. The van der Waals surface area contributed by atoms with Gasteiger partial charge < -0.3 is 10.1 Å². The Morgan fingerprint density at radius 1 is 1.56 bits per heavy atom. The highest BCUT2D eigenvalue weighted by molar-refractivity contribution is 7.09. The normalized spacial score (nSPS) is 32.4. The lowest BCUT2D eigenvalue weighted by Gasteiger charge is -2.18. The SMILES string of the molecule is Cc1nc(CNCC2CC3CCC2O3)cs1. The van der Waals surface area contributed by atoms with Gasteiger partial charge in [-0.2, -0.15) is 0 Å². The second kappa shape index (κ2) is 4.43. The number of aromatic nitrogens is 1. The Labute approximate surface area is 100 Å². The molecule has 3 unspecified atom stereocenters. The predicted octanol–water partition coefficient (Wildman–Crippen LogP) is 2.11. The van der Waals surface area contributed by atoms with Crippen molar-refractivity contribution in [2.24, 2.45) is 5.92 Å². The largest absolute Gasteiger partial charge is 0.375 e. The average Bonchev–Trinajstić information content (AvgIpc) is 2.94. The van der Waals surface area contributed by atoms with Gasteiger partial charge >= 0.3 is 0 Å². The molecule has 4 heteroatoms. The van der Waals surface area contributed by atoms with Gasteiger partial charge in [0.1, 0.15) is 0 Å². The Hall–Kier alpha value is -0.450. The summed E-state index contributed by atoms with van der Waals surface area (Å²) in [5.74, 6) is 0.735. The van der Waals surface area contributed by atoms with Crippen LogP contribution in [0.25, 0.3) is 0 Å². The van der Waals surface area contributed by atoms with Crippen molar-refractivity contribution in [2.45, 2.75) is 44.9 Å². The van der Waals surface area contributed by atoms with Crippen LogP contribution in [0.3, 0.4) is 0 Å². The van der Waals surface area contributed by atoms with E-state index >= 15 is 0 Å². The van der Waals surface area contributed by atoms with E-state index in [1.807, 2.05) is 0 Å². The number of thiazole rings is 1. The average molecular weight is 238 g/mol. The van der Waals surface area contributed by atoms with Crippen molar-refractivity contribution in [3.8, 4) is 0 Å². The minimum atomic E-state index is 0.537. The van der Waals surface area contributed by atoms with Gasteiger partial charge in [-0.25, -0.2) is 4.98 Å². The number of nitrogens with zero attached hydrogens (tertiary/aromatic N) is 1. The van der Waals surface area contributed by atoms with Gasteiger partial charge in [-0.15, -0.1) is 11.3 Å².